The van der Waals surface area contributed by atoms with Gasteiger partial charge in [-0.15, -0.1) is 0 Å². The molecule has 2 unspecified atom stereocenters. The summed E-state index contributed by atoms with van der Waals surface area (Å²) >= 11 is 0. The SMILES string of the molecule is CCC(C(=O)Nc1ccc2c(c1)NC(=O)C(C)O2)c1ccccc1. The third-order valence-corrected chi connectivity index (χ3v) is 4.10. The van der Waals surface area contributed by atoms with Crippen LogP contribution < -0.4 is 15.4 Å². The molecule has 0 aromatic heterocycles. The first-order valence-corrected chi connectivity index (χ1v) is 8.06. The van der Waals surface area contributed by atoms with Crippen LogP contribution >= 0.6 is 0 Å². The molecule has 1 heterocycles. The quantitative estimate of drug-likeness (QED) is 0.904. The Labute approximate surface area is 141 Å². The van der Waals surface area contributed by atoms with Gasteiger partial charge < -0.3 is 15.4 Å². The van der Waals surface area contributed by atoms with E-state index >= 15 is 0 Å². The molecule has 1 aliphatic heterocycles. The van der Waals surface area contributed by atoms with Crippen molar-refractivity contribution in [1.82, 2.24) is 0 Å². The van der Waals surface area contributed by atoms with Gasteiger partial charge in [0.2, 0.25) is 5.91 Å². The van der Waals surface area contributed by atoms with Gasteiger partial charge in [0.05, 0.1) is 11.6 Å². The Morgan fingerprint density at radius 1 is 1.25 bits per heavy atom. The standard InChI is InChI=1S/C19H20N2O3/c1-3-15(13-7-5-4-6-8-13)19(23)20-14-9-10-17-16(11-14)21-18(22)12(2)24-17/h4-12,15H,3H2,1-2H3,(H,20,23)(H,21,22). The van der Waals surface area contributed by atoms with Crippen LogP contribution in [0.3, 0.4) is 0 Å². The molecule has 2 N–H and O–H groups in total. The lowest BCUT2D eigenvalue weighted by atomic mass is 9.95. The highest BCUT2D eigenvalue weighted by molar-refractivity contribution is 6.00. The van der Waals surface area contributed by atoms with Gasteiger partial charge in [-0.2, -0.15) is 0 Å². The smallest absolute Gasteiger partial charge is 0.265 e. The van der Waals surface area contributed by atoms with Gasteiger partial charge in [0, 0.05) is 5.69 Å². The zero-order valence-electron chi connectivity index (χ0n) is 13.7. The molecule has 0 saturated heterocycles. The number of carbonyl (C=O) groups excluding carboxylic acids is 2. The Bertz CT molecular complexity index is 758. The molecule has 0 spiro atoms. The van der Waals surface area contributed by atoms with Crippen LogP contribution in [0.1, 0.15) is 31.7 Å². The van der Waals surface area contributed by atoms with Gasteiger partial charge in [-0.05, 0) is 37.1 Å². The van der Waals surface area contributed by atoms with Crippen molar-refractivity contribution < 1.29 is 14.3 Å². The normalized spacial score (nSPS) is 17.2. The Kier molecular flexibility index (Phi) is 4.51. The number of hydrogen-bond donors (Lipinski definition) is 2. The van der Waals surface area contributed by atoms with E-state index in [-0.39, 0.29) is 17.7 Å². The van der Waals surface area contributed by atoms with Crippen LogP contribution in [0, 0.1) is 0 Å². The molecule has 1 aliphatic rings. The van der Waals surface area contributed by atoms with Crippen molar-refractivity contribution in [2.24, 2.45) is 0 Å². The minimum Gasteiger partial charge on any atom is -0.479 e. The molecule has 2 atom stereocenters. The highest BCUT2D eigenvalue weighted by Crippen LogP contribution is 2.32. The number of carbonyl (C=O) groups is 2. The highest BCUT2D eigenvalue weighted by atomic mass is 16.5. The molecule has 2 aromatic rings. The lowest BCUT2D eigenvalue weighted by Gasteiger charge is -2.24. The van der Waals surface area contributed by atoms with Gasteiger partial charge in [0.1, 0.15) is 5.75 Å². The molecular weight excluding hydrogens is 304 g/mol. The molecule has 3 rings (SSSR count). The van der Waals surface area contributed by atoms with E-state index in [4.69, 9.17) is 4.74 Å². The second-order valence-electron chi connectivity index (χ2n) is 5.82. The zero-order chi connectivity index (χ0) is 17.1. The maximum atomic E-state index is 12.6. The fourth-order valence-corrected chi connectivity index (χ4v) is 2.77. The molecule has 5 heteroatoms. The lowest BCUT2D eigenvalue weighted by molar-refractivity contribution is -0.122. The molecule has 0 saturated carbocycles. The number of amides is 2. The largest absolute Gasteiger partial charge is 0.479 e. The molecule has 0 aliphatic carbocycles. The van der Waals surface area contributed by atoms with E-state index in [2.05, 4.69) is 10.6 Å². The van der Waals surface area contributed by atoms with Crippen molar-refractivity contribution in [2.45, 2.75) is 32.3 Å². The molecule has 24 heavy (non-hydrogen) atoms. The summed E-state index contributed by atoms with van der Waals surface area (Å²) in [5, 5.41) is 5.70. The lowest BCUT2D eigenvalue weighted by Crippen LogP contribution is -2.34. The number of rotatable bonds is 4. The Hall–Kier alpha value is -2.82. The van der Waals surface area contributed by atoms with E-state index < -0.39 is 6.10 Å². The van der Waals surface area contributed by atoms with E-state index in [1.54, 1.807) is 25.1 Å². The van der Waals surface area contributed by atoms with Crippen LogP contribution in [0.5, 0.6) is 5.75 Å². The molecule has 5 nitrogen and oxygen atoms in total. The third-order valence-electron chi connectivity index (χ3n) is 4.10. The van der Waals surface area contributed by atoms with E-state index in [0.29, 0.717) is 23.5 Å². The van der Waals surface area contributed by atoms with Gasteiger partial charge in [-0.1, -0.05) is 37.3 Å². The fraction of sp³-hybridized carbons (Fsp3) is 0.263. The molecule has 0 radical (unpaired) electrons. The first kappa shape index (κ1) is 16.1. The van der Waals surface area contributed by atoms with Gasteiger partial charge in [-0.25, -0.2) is 0 Å². The van der Waals surface area contributed by atoms with Crippen LogP contribution in [-0.4, -0.2) is 17.9 Å². The fourth-order valence-electron chi connectivity index (χ4n) is 2.77. The molecule has 2 aromatic carbocycles. The second kappa shape index (κ2) is 6.74. The van der Waals surface area contributed by atoms with Crippen LogP contribution in [-0.2, 0) is 9.59 Å². The van der Waals surface area contributed by atoms with E-state index in [9.17, 15) is 9.59 Å². The molecule has 0 fully saturated rings. The number of ether oxygens (including phenoxy) is 1. The van der Waals surface area contributed by atoms with Crippen LogP contribution in [0.4, 0.5) is 11.4 Å². The predicted octanol–water partition coefficient (Wildman–Crippen LogP) is 3.54. The minimum absolute atomic E-state index is 0.0694. The van der Waals surface area contributed by atoms with Gasteiger partial charge in [-0.3, -0.25) is 9.59 Å². The average molecular weight is 324 g/mol. The summed E-state index contributed by atoms with van der Waals surface area (Å²) in [6.45, 7) is 3.68. The zero-order valence-corrected chi connectivity index (χ0v) is 13.7. The summed E-state index contributed by atoms with van der Waals surface area (Å²) in [5.74, 6) is 0.130. The van der Waals surface area contributed by atoms with Gasteiger partial charge in [0.15, 0.2) is 6.10 Å². The molecular formula is C19H20N2O3. The van der Waals surface area contributed by atoms with E-state index in [0.717, 1.165) is 5.56 Å². The van der Waals surface area contributed by atoms with Crippen LogP contribution in [0.15, 0.2) is 48.5 Å². The Balaban J connectivity index is 1.77. The molecule has 0 bridgehead atoms. The first-order chi connectivity index (χ1) is 11.6. The van der Waals surface area contributed by atoms with Crippen molar-refractivity contribution >= 4 is 23.2 Å². The van der Waals surface area contributed by atoms with E-state index in [1.807, 2.05) is 37.3 Å². The number of anilines is 2. The number of nitrogens with one attached hydrogen (secondary N) is 2. The monoisotopic (exact) mass is 324 g/mol. The van der Waals surface area contributed by atoms with Crippen molar-refractivity contribution in [3.63, 3.8) is 0 Å². The van der Waals surface area contributed by atoms with Crippen molar-refractivity contribution in [2.75, 3.05) is 10.6 Å². The minimum atomic E-state index is -0.513. The number of fused-ring (bicyclic) bond motifs is 1. The van der Waals surface area contributed by atoms with Crippen molar-refractivity contribution in [3.8, 4) is 5.75 Å². The summed E-state index contributed by atoms with van der Waals surface area (Å²) in [4.78, 5) is 24.3. The van der Waals surface area contributed by atoms with Crippen molar-refractivity contribution in [1.29, 1.82) is 0 Å². The third kappa shape index (κ3) is 3.25. The van der Waals surface area contributed by atoms with Gasteiger partial charge in [0.25, 0.3) is 5.91 Å². The number of hydrogen-bond acceptors (Lipinski definition) is 3. The predicted molar refractivity (Wildman–Crippen MR) is 93.3 cm³/mol. The summed E-state index contributed by atoms with van der Waals surface area (Å²) in [5.41, 5.74) is 2.19. The summed E-state index contributed by atoms with van der Waals surface area (Å²) < 4.78 is 5.52. The maximum absolute atomic E-state index is 12.6. The summed E-state index contributed by atoms with van der Waals surface area (Å²) in [6, 6.07) is 14.9. The van der Waals surface area contributed by atoms with E-state index in [1.165, 1.54) is 0 Å². The summed E-state index contributed by atoms with van der Waals surface area (Å²) in [6.07, 6.45) is 0.193. The topological polar surface area (TPSA) is 67.4 Å². The average Bonchev–Trinajstić information content (AvgIpc) is 2.58. The number of benzene rings is 2. The maximum Gasteiger partial charge on any atom is 0.265 e. The Morgan fingerprint density at radius 2 is 2.00 bits per heavy atom. The van der Waals surface area contributed by atoms with Crippen LogP contribution in [0.2, 0.25) is 0 Å². The second-order valence-corrected chi connectivity index (χ2v) is 5.82. The first-order valence-electron chi connectivity index (χ1n) is 8.06. The van der Waals surface area contributed by atoms with Crippen molar-refractivity contribution in [3.05, 3.63) is 54.1 Å². The highest BCUT2D eigenvalue weighted by Gasteiger charge is 2.24. The van der Waals surface area contributed by atoms with Crippen LogP contribution in [0.25, 0.3) is 0 Å². The molecule has 2 amide bonds. The molecule has 124 valence electrons. The van der Waals surface area contributed by atoms with Gasteiger partial charge >= 0.3 is 0 Å². The Morgan fingerprint density at radius 3 is 2.71 bits per heavy atom. The summed E-state index contributed by atoms with van der Waals surface area (Å²) in [7, 11) is 0.